The molecule has 0 radical (unpaired) electrons. The molecule has 5 aromatic carbocycles. The van der Waals surface area contributed by atoms with Crippen molar-refractivity contribution in [2.75, 3.05) is 0 Å². The fourth-order valence-electron chi connectivity index (χ4n) is 7.32. The van der Waals surface area contributed by atoms with Gasteiger partial charge in [0.25, 0.3) is 11.1 Å². The first-order valence-corrected chi connectivity index (χ1v) is 16.3. The van der Waals surface area contributed by atoms with Crippen molar-refractivity contribution in [1.29, 1.82) is 10.8 Å². The summed E-state index contributed by atoms with van der Waals surface area (Å²) in [5.41, 5.74) is -2.72. The van der Waals surface area contributed by atoms with Crippen molar-refractivity contribution in [2.45, 2.75) is 52.4 Å². The van der Waals surface area contributed by atoms with Crippen LogP contribution in [0.2, 0.25) is 0 Å². The van der Waals surface area contributed by atoms with E-state index in [1.807, 2.05) is 36.4 Å². The zero-order chi connectivity index (χ0) is 35.3. The van der Waals surface area contributed by atoms with E-state index in [1.54, 1.807) is 12.1 Å². The Morgan fingerprint density at radius 3 is 1.22 bits per heavy atom. The molecule has 10 nitrogen and oxygen atoms in total. The Morgan fingerprint density at radius 2 is 0.860 bits per heavy atom. The lowest BCUT2D eigenvalue weighted by molar-refractivity contribution is 0.591. The Hall–Kier alpha value is -6.16. The van der Waals surface area contributed by atoms with Crippen molar-refractivity contribution in [2.24, 2.45) is 0 Å². The van der Waals surface area contributed by atoms with Gasteiger partial charge >= 0.3 is 0 Å². The maximum atomic E-state index is 14.1. The lowest BCUT2D eigenvalue weighted by atomic mass is 9.86. The Bertz CT molecular complexity index is 3180. The molecular weight excluding hydrogens is 628 g/mol. The number of hydrogen-bond acceptors (Lipinski definition) is 8. The van der Waals surface area contributed by atoms with Gasteiger partial charge in [0.2, 0.25) is 10.9 Å². The minimum atomic E-state index is -0.914. The number of hydrogen-bond donors (Lipinski definition) is 2. The number of nitrogens with zero attached hydrogens (tertiary/aromatic N) is 4. The maximum absolute atomic E-state index is 14.1. The summed E-state index contributed by atoms with van der Waals surface area (Å²) in [5, 5.41) is 22.1. The van der Waals surface area contributed by atoms with Gasteiger partial charge in [-0.15, -0.1) is 0 Å². The molecule has 0 unspecified atom stereocenters. The predicted octanol–water partition coefficient (Wildman–Crippen LogP) is 5.21. The summed E-state index contributed by atoms with van der Waals surface area (Å²) < 4.78 is 2.10. The summed E-state index contributed by atoms with van der Waals surface area (Å²) in [6, 6.07) is 19.4. The molecular formula is C40H30N6O4. The predicted molar refractivity (Wildman–Crippen MR) is 197 cm³/mol. The highest BCUT2D eigenvalue weighted by atomic mass is 16.2. The zero-order valence-corrected chi connectivity index (χ0v) is 28.2. The van der Waals surface area contributed by atoms with Crippen molar-refractivity contribution >= 4 is 76.2 Å². The summed E-state index contributed by atoms with van der Waals surface area (Å²) >= 11 is 0. The van der Waals surface area contributed by atoms with Gasteiger partial charge in [-0.1, -0.05) is 77.9 Å². The minimum Gasteiger partial charge on any atom is -0.287 e. The molecule has 0 aliphatic rings. The molecule has 0 saturated carbocycles. The topological polar surface area (TPSA) is 151 Å². The summed E-state index contributed by atoms with van der Waals surface area (Å²) in [6.07, 6.45) is 0. The number of aromatic nitrogens is 4. The Kier molecular flexibility index (Phi) is 5.56. The summed E-state index contributed by atoms with van der Waals surface area (Å²) in [7, 11) is 0. The van der Waals surface area contributed by atoms with Gasteiger partial charge in [-0.25, -0.2) is 18.8 Å². The van der Waals surface area contributed by atoms with Crippen LogP contribution in [0, 0.1) is 10.8 Å². The fourth-order valence-corrected chi connectivity index (χ4v) is 7.32. The number of benzene rings is 5. The zero-order valence-electron chi connectivity index (χ0n) is 28.2. The van der Waals surface area contributed by atoms with E-state index in [1.165, 1.54) is 0 Å². The smallest absolute Gasteiger partial charge is 0.271 e. The summed E-state index contributed by atoms with van der Waals surface area (Å²) in [4.78, 5) is 65.6. The summed E-state index contributed by atoms with van der Waals surface area (Å²) in [5.74, 6) is 0. The lowest BCUT2D eigenvalue weighted by Crippen LogP contribution is -2.34. The monoisotopic (exact) mass is 658 g/mol. The van der Waals surface area contributed by atoms with Crippen LogP contribution >= 0.6 is 0 Å². The average Bonchev–Trinajstić information content (AvgIpc) is 3.49. The second kappa shape index (κ2) is 9.29. The van der Waals surface area contributed by atoms with Crippen LogP contribution in [-0.2, 0) is 10.8 Å². The van der Waals surface area contributed by atoms with E-state index >= 15 is 0 Å². The van der Waals surface area contributed by atoms with Crippen LogP contribution in [0.15, 0.2) is 79.8 Å². The average molecular weight is 659 g/mol. The molecule has 0 fully saturated rings. The first-order valence-electron chi connectivity index (χ1n) is 16.3. The Morgan fingerprint density at radius 1 is 0.500 bits per heavy atom. The molecule has 9 aromatic rings. The van der Waals surface area contributed by atoms with Gasteiger partial charge in [-0.2, -0.15) is 0 Å². The first-order chi connectivity index (χ1) is 23.5. The third kappa shape index (κ3) is 3.78. The Labute approximate surface area is 281 Å². The van der Waals surface area contributed by atoms with Crippen LogP contribution in [0.1, 0.15) is 52.7 Å². The van der Waals surface area contributed by atoms with Gasteiger partial charge in [0.1, 0.15) is 44.1 Å². The molecule has 0 aliphatic carbocycles. The first kappa shape index (κ1) is 29.9. The second-order valence-electron chi connectivity index (χ2n) is 15.4. The third-order valence-electron chi connectivity index (χ3n) is 10.2. The molecule has 10 heteroatoms. The van der Waals surface area contributed by atoms with E-state index in [-0.39, 0.29) is 33.1 Å². The van der Waals surface area contributed by atoms with E-state index in [2.05, 4.69) is 63.6 Å². The van der Waals surface area contributed by atoms with E-state index < -0.39 is 43.8 Å². The highest BCUT2D eigenvalue weighted by Gasteiger charge is 2.25. The van der Waals surface area contributed by atoms with Crippen molar-refractivity contribution < 1.29 is 0 Å². The molecule has 0 atom stereocenters. The normalized spacial score (nSPS) is 13.1. The van der Waals surface area contributed by atoms with Crippen molar-refractivity contribution in [3.8, 4) is 0 Å². The molecule has 0 saturated heterocycles. The van der Waals surface area contributed by atoms with Gasteiger partial charge in [0.15, 0.2) is 0 Å². The molecule has 4 aromatic heterocycles. The van der Waals surface area contributed by atoms with Crippen LogP contribution in [0.4, 0.5) is 0 Å². The number of fused-ring (bicyclic) bond motifs is 10. The van der Waals surface area contributed by atoms with Crippen LogP contribution < -0.4 is 33.0 Å². The van der Waals surface area contributed by atoms with Gasteiger partial charge in [-0.3, -0.25) is 30.0 Å². The van der Waals surface area contributed by atoms with Gasteiger partial charge in [-0.05, 0) is 67.8 Å². The highest BCUT2D eigenvalue weighted by Crippen LogP contribution is 2.31. The minimum absolute atomic E-state index is 0.0529. The molecule has 0 amide bonds. The second-order valence-corrected chi connectivity index (χ2v) is 15.4. The number of rotatable bonds is 0. The molecule has 244 valence electrons. The van der Waals surface area contributed by atoms with Gasteiger partial charge in [0, 0.05) is 21.5 Å². The molecule has 2 N–H and O–H groups in total. The molecule has 0 spiro atoms. The molecule has 0 aliphatic heterocycles. The molecule has 9 rings (SSSR count). The van der Waals surface area contributed by atoms with E-state index in [0.29, 0.717) is 21.5 Å². The third-order valence-corrected chi connectivity index (χ3v) is 10.2. The largest absolute Gasteiger partial charge is 0.287 e. The number of nitrogens with one attached hydrogen (secondary N) is 2. The SMILES string of the molecule is CC(C)(C)c1ccc2cc3c(=N)n4c(=O)c5c(=O)c6nc7c8cc9cc(C(C)(C)C)ccc9cc8c(=N)n7c(=O)c6c(=O)c5nc4c3cc2c1. The molecule has 0 bridgehead atoms. The van der Waals surface area contributed by atoms with E-state index in [9.17, 15) is 19.2 Å². The van der Waals surface area contributed by atoms with E-state index in [0.717, 1.165) is 41.5 Å². The van der Waals surface area contributed by atoms with E-state index in [4.69, 9.17) is 10.8 Å². The Balaban J connectivity index is 1.41. The molecule has 50 heavy (non-hydrogen) atoms. The van der Waals surface area contributed by atoms with Crippen molar-refractivity contribution in [3.05, 3.63) is 124 Å². The van der Waals surface area contributed by atoms with Gasteiger partial charge in [0.05, 0.1) is 0 Å². The van der Waals surface area contributed by atoms with Crippen LogP contribution in [0.3, 0.4) is 0 Å². The fraction of sp³-hybridized carbons (Fsp3) is 0.200. The van der Waals surface area contributed by atoms with Crippen molar-refractivity contribution in [1.82, 2.24) is 18.8 Å². The van der Waals surface area contributed by atoms with Crippen LogP contribution in [0.5, 0.6) is 0 Å². The van der Waals surface area contributed by atoms with Crippen molar-refractivity contribution in [3.63, 3.8) is 0 Å². The standard InChI is InChI=1S/C40H30N6O4/c1-39(2,3)21-9-7-17-13-23-25(15-19(17)11-21)35-43-29-27(37(49)45(35)33(23)41)32(48)30-28(31(29)47)38(50)46-34(42)24-14-18-8-10-22(40(4,5)6)12-20(18)16-26(24)36(46)44-30/h7-16,41-42H,1-6H3. The van der Waals surface area contributed by atoms with Crippen LogP contribution in [-0.4, -0.2) is 18.8 Å². The van der Waals surface area contributed by atoms with Gasteiger partial charge < -0.3 is 0 Å². The quantitative estimate of drug-likeness (QED) is 0.214. The highest BCUT2D eigenvalue weighted by molar-refractivity contribution is 6.08. The maximum Gasteiger partial charge on any atom is 0.271 e. The summed E-state index contributed by atoms with van der Waals surface area (Å²) in [6.45, 7) is 12.7. The molecule has 4 heterocycles. The van der Waals surface area contributed by atoms with Crippen LogP contribution in [0.25, 0.3) is 76.2 Å². The lowest BCUT2D eigenvalue weighted by Gasteiger charge is -2.19.